The number of rotatable bonds is 4. The van der Waals surface area contributed by atoms with Crippen LogP contribution in [0.1, 0.15) is 17.5 Å². The summed E-state index contributed by atoms with van der Waals surface area (Å²) in [6, 6.07) is 18.9. The molecule has 6 heteroatoms. The van der Waals surface area contributed by atoms with Crippen LogP contribution in [0, 0.1) is 6.92 Å². The van der Waals surface area contributed by atoms with Crippen molar-refractivity contribution in [1.82, 2.24) is 4.98 Å². The van der Waals surface area contributed by atoms with E-state index in [1.165, 1.54) is 11.3 Å². The van der Waals surface area contributed by atoms with Crippen molar-refractivity contribution < 1.29 is 8.42 Å². The number of pyridine rings is 1. The molecule has 3 aromatic rings. The fourth-order valence-corrected chi connectivity index (χ4v) is 4.71. The van der Waals surface area contributed by atoms with Crippen molar-refractivity contribution in [2.24, 2.45) is 0 Å². The van der Waals surface area contributed by atoms with Crippen LogP contribution in [-0.2, 0) is 16.4 Å². The molecule has 1 aliphatic heterocycles. The normalized spacial score (nSPS) is 13.9. The predicted octanol–water partition coefficient (Wildman–Crippen LogP) is 4.28. The Balaban J connectivity index is 1.58. The SMILES string of the molecule is Cc1ccccc1S(=O)(=O)Nc1ccc(N2CCCc3ccccc32)cn1. The zero-order valence-electron chi connectivity index (χ0n) is 15.1. The summed E-state index contributed by atoms with van der Waals surface area (Å²) < 4.78 is 27.8. The molecule has 0 aliphatic carbocycles. The topological polar surface area (TPSA) is 62.3 Å². The van der Waals surface area contributed by atoms with E-state index in [-0.39, 0.29) is 4.90 Å². The second-order valence-corrected chi connectivity index (χ2v) is 8.31. The van der Waals surface area contributed by atoms with Gasteiger partial charge in [0, 0.05) is 12.2 Å². The van der Waals surface area contributed by atoms with Gasteiger partial charge in [0.25, 0.3) is 10.0 Å². The average Bonchev–Trinajstić information content (AvgIpc) is 2.68. The number of sulfonamides is 1. The number of aromatic nitrogens is 1. The standard InChI is InChI=1S/C21H21N3O2S/c1-16-7-2-5-11-20(16)27(25,26)23-21-13-12-18(15-22-21)24-14-6-9-17-8-3-4-10-19(17)24/h2-5,7-8,10-13,15H,6,9,14H2,1H3,(H,22,23). The Bertz CT molecular complexity index is 1060. The maximum Gasteiger partial charge on any atom is 0.263 e. The van der Waals surface area contributed by atoms with Crippen LogP contribution in [-0.4, -0.2) is 19.9 Å². The summed E-state index contributed by atoms with van der Waals surface area (Å²) in [4.78, 5) is 6.83. The van der Waals surface area contributed by atoms with Crippen molar-refractivity contribution in [3.63, 3.8) is 0 Å². The van der Waals surface area contributed by atoms with Crippen LogP contribution in [0.5, 0.6) is 0 Å². The summed E-state index contributed by atoms with van der Waals surface area (Å²) in [5.41, 5.74) is 4.18. The van der Waals surface area contributed by atoms with Crippen LogP contribution in [0.15, 0.2) is 71.8 Å². The highest BCUT2D eigenvalue weighted by Gasteiger charge is 2.19. The van der Waals surface area contributed by atoms with E-state index in [1.54, 1.807) is 37.4 Å². The van der Waals surface area contributed by atoms with E-state index in [0.29, 0.717) is 11.4 Å². The van der Waals surface area contributed by atoms with E-state index in [0.717, 1.165) is 25.1 Å². The average molecular weight is 379 g/mol. The van der Waals surface area contributed by atoms with E-state index in [1.807, 2.05) is 18.2 Å². The lowest BCUT2D eigenvalue weighted by atomic mass is 10.0. The van der Waals surface area contributed by atoms with Gasteiger partial charge in [-0.05, 0) is 55.2 Å². The van der Waals surface area contributed by atoms with Gasteiger partial charge in [0.1, 0.15) is 5.82 Å². The molecule has 0 saturated heterocycles. The highest BCUT2D eigenvalue weighted by molar-refractivity contribution is 7.92. The van der Waals surface area contributed by atoms with E-state index >= 15 is 0 Å². The van der Waals surface area contributed by atoms with Crippen LogP contribution < -0.4 is 9.62 Å². The number of anilines is 3. The molecule has 0 amide bonds. The van der Waals surface area contributed by atoms with Gasteiger partial charge in [-0.25, -0.2) is 13.4 Å². The van der Waals surface area contributed by atoms with Crippen LogP contribution in [0.4, 0.5) is 17.2 Å². The number of nitrogens with zero attached hydrogens (tertiary/aromatic N) is 2. The maximum atomic E-state index is 12.6. The van der Waals surface area contributed by atoms with Crippen LogP contribution >= 0.6 is 0 Å². The maximum absolute atomic E-state index is 12.6. The van der Waals surface area contributed by atoms with Gasteiger partial charge < -0.3 is 4.90 Å². The Hall–Kier alpha value is -2.86. The quantitative estimate of drug-likeness (QED) is 0.735. The summed E-state index contributed by atoms with van der Waals surface area (Å²) in [5, 5.41) is 0. The molecule has 0 atom stereocenters. The monoisotopic (exact) mass is 379 g/mol. The Morgan fingerprint density at radius 1 is 1.00 bits per heavy atom. The van der Waals surface area contributed by atoms with Crippen molar-refractivity contribution in [1.29, 1.82) is 0 Å². The Morgan fingerprint density at radius 2 is 1.78 bits per heavy atom. The van der Waals surface area contributed by atoms with E-state index in [9.17, 15) is 8.42 Å². The fourth-order valence-electron chi connectivity index (χ4n) is 3.46. The predicted molar refractivity (Wildman–Crippen MR) is 108 cm³/mol. The molecule has 27 heavy (non-hydrogen) atoms. The van der Waals surface area contributed by atoms with Gasteiger partial charge in [-0.15, -0.1) is 0 Å². The molecule has 0 unspecified atom stereocenters. The number of benzene rings is 2. The third kappa shape index (κ3) is 3.53. The zero-order chi connectivity index (χ0) is 18.9. The molecule has 2 aromatic carbocycles. The molecule has 4 rings (SSSR count). The number of hydrogen-bond acceptors (Lipinski definition) is 4. The molecule has 138 valence electrons. The third-order valence-corrected chi connectivity index (χ3v) is 6.31. The fraction of sp³-hybridized carbons (Fsp3) is 0.190. The molecule has 0 bridgehead atoms. The molecule has 0 fully saturated rings. The Kier molecular flexibility index (Phi) is 4.58. The number of hydrogen-bond donors (Lipinski definition) is 1. The first-order valence-corrected chi connectivity index (χ1v) is 10.4. The van der Waals surface area contributed by atoms with Gasteiger partial charge in [-0.3, -0.25) is 4.72 Å². The number of aryl methyl sites for hydroxylation is 2. The second kappa shape index (κ2) is 7.04. The van der Waals surface area contributed by atoms with Gasteiger partial charge >= 0.3 is 0 Å². The van der Waals surface area contributed by atoms with Crippen molar-refractivity contribution in [3.8, 4) is 0 Å². The largest absolute Gasteiger partial charge is 0.340 e. The first kappa shape index (κ1) is 17.5. The molecule has 5 nitrogen and oxygen atoms in total. The molecule has 0 saturated carbocycles. The molecule has 1 N–H and O–H groups in total. The molecule has 0 spiro atoms. The first-order chi connectivity index (χ1) is 13.0. The highest BCUT2D eigenvalue weighted by atomic mass is 32.2. The number of nitrogens with one attached hydrogen (secondary N) is 1. The molecule has 1 aromatic heterocycles. The molecular weight excluding hydrogens is 358 g/mol. The molecule has 1 aliphatic rings. The van der Waals surface area contributed by atoms with E-state index < -0.39 is 10.0 Å². The van der Waals surface area contributed by atoms with Gasteiger partial charge in [0.2, 0.25) is 0 Å². The second-order valence-electron chi connectivity index (χ2n) is 6.66. The highest BCUT2D eigenvalue weighted by Crippen LogP contribution is 2.33. The summed E-state index contributed by atoms with van der Waals surface area (Å²) in [6.45, 7) is 2.70. The van der Waals surface area contributed by atoms with Crippen LogP contribution in [0.2, 0.25) is 0 Å². The number of para-hydroxylation sites is 1. The van der Waals surface area contributed by atoms with Gasteiger partial charge in [0.15, 0.2) is 0 Å². The van der Waals surface area contributed by atoms with E-state index in [2.05, 4.69) is 32.8 Å². The summed E-state index contributed by atoms with van der Waals surface area (Å²) in [5.74, 6) is 0.312. The Labute approximate surface area is 159 Å². The van der Waals surface area contributed by atoms with Crippen molar-refractivity contribution in [3.05, 3.63) is 78.0 Å². The molecular formula is C21H21N3O2S. The minimum Gasteiger partial charge on any atom is -0.340 e. The summed E-state index contributed by atoms with van der Waals surface area (Å²) in [7, 11) is -3.66. The smallest absolute Gasteiger partial charge is 0.263 e. The van der Waals surface area contributed by atoms with Crippen LogP contribution in [0.3, 0.4) is 0 Å². The number of fused-ring (bicyclic) bond motifs is 1. The van der Waals surface area contributed by atoms with Gasteiger partial charge in [-0.2, -0.15) is 0 Å². The molecule has 0 radical (unpaired) electrons. The minimum absolute atomic E-state index is 0.265. The summed E-state index contributed by atoms with van der Waals surface area (Å²) >= 11 is 0. The van der Waals surface area contributed by atoms with Crippen LogP contribution in [0.25, 0.3) is 0 Å². The zero-order valence-corrected chi connectivity index (χ0v) is 15.9. The van der Waals surface area contributed by atoms with E-state index in [4.69, 9.17) is 0 Å². The lowest BCUT2D eigenvalue weighted by molar-refractivity contribution is 0.600. The molecule has 2 heterocycles. The summed E-state index contributed by atoms with van der Waals surface area (Å²) in [6.07, 6.45) is 3.88. The van der Waals surface area contributed by atoms with Crippen molar-refractivity contribution >= 4 is 27.2 Å². The van der Waals surface area contributed by atoms with Gasteiger partial charge in [0.05, 0.1) is 16.8 Å². The minimum atomic E-state index is -3.66. The first-order valence-electron chi connectivity index (χ1n) is 8.94. The third-order valence-electron chi connectivity index (χ3n) is 4.79. The lowest BCUT2D eigenvalue weighted by Gasteiger charge is -2.31. The van der Waals surface area contributed by atoms with Crippen molar-refractivity contribution in [2.75, 3.05) is 16.2 Å². The Morgan fingerprint density at radius 3 is 2.56 bits per heavy atom. The van der Waals surface area contributed by atoms with Gasteiger partial charge in [-0.1, -0.05) is 36.4 Å². The lowest BCUT2D eigenvalue weighted by Crippen LogP contribution is -2.24. The van der Waals surface area contributed by atoms with Crippen molar-refractivity contribution in [2.45, 2.75) is 24.7 Å².